The third-order valence-electron chi connectivity index (χ3n) is 3.55. The molecular weight excluding hydrogens is 391 g/mol. The molecule has 1 amide bonds. The quantitative estimate of drug-likeness (QED) is 0.282. The van der Waals surface area contributed by atoms with Gasteiger partial charge in [0, 0.05) is 22.9 Å². The highest BCUT2D eigenvalue weighted by Crippen LogP contribution is 2.29. The van der Waals surface area contributed by atoms with E-state index in [-0.39, 0.29) is 22.2 Å². The van der Waals surface area contributed by atoms with E-state index in [9.17, 15) is 19.3 Å². The molecule has 0 atom stereocenters. The topological polar surface area (TPSA) is 98.0 Å². The number of nitrogens with one attached hydrogen (secondary N) is 1. The van der Waals surface area contributed by atoms with Crippen LogP contribution >= 0.6 is 23.1 Å². The zero-order valence-corrected chi connectivity index (χ0v) is 15.6. The largest absolute Gasteiger partial charge is 0.296 e. The molecule has 0 radical (unpaired) electrons. The maximum atomic E-state index is 13.2. The Balaban J connectivity index is 1.64. The zero-order chi connectivity index (χ0) is 19.4. The van der Waals surface area contributed by atoms with Crippen LogP contribution in [0.4, 0.5) is 15.2 Å². The lowest BCUT2D eigenvalue weighted by molar-refractivity contribution is -0.385. The first-order valence-corrected chi connectivity index (χ1v) is 9.50. The van der Waals surface area contributed by atoms with Gasteiger partial charge in [0.25, 0.3) is 11.6 Å². The van der Waals surface area contributed by atoms with Gasteiger partial charge in [-0.1, -0.05) is 41.3 Å². The van der Waals surface area contributed by atoms with E-state index in [1.54, 1.807) is 13.0 Å². The molecule has 0 bridgehead atoms. The molecular formula is C17H13FN4O3S2. The summed E-state index contributed by atoms with van der Waals surface area (Å²) < 4.78 is 13.8. The summed E-state index contributed by atoms with van der Waals surface area (Å²) in [6, 6.07) is 10.5. The molecule has 1 heterocycles. The van der Waals surface area contributed by atoms with E-state index in [0.717, 1.165) is 5.56 Å². The second-order valence-corrected chi connectivity index (χ2v) is 7.70. The van der Waals surface area contributed by atoms with Crippen molar-refractivity contribution < 1.29 is 14.1 Å². The van der Waals surface area contributed by atoms with Gasteiger partial charge in [-0.15, -0.1) is 10.2 Å². The van der Waals surface area contributed by atoms with Crippen molar-refractivity contribution in [3.05, 3.63) is 75.1 Å². The minimum Gasteiger partial charge on any atom is -0.296 e. The summed E-state index contributed by atoms with van der Waals surface area (Å²) in [7, 11) is 0. The van der Waals surface area contributed by atoms with Crippen molar-refractivity contribution in [2.75, 3.05) is 5.32 Å². The number of halogens is 1. The molecule has 0 aliphatic carbocycles. The van der Waals surface area contributed by atoms with Crippen LogP contribution in [0.2, 0.25) is 0 Å². The summed E-state index contributed by atoms with van der Waals surface area (Å²) in [5, 5.41) is 21.7. The van der Waals surface area contributed by atoms with Crippen molar-refractivity contribution in [1.82, 2.24) is 10.2 Å². The van der Waals surface area contributed by atoms with Gasteiger partial charge in [0.2, 0.25) is 5.13 Å². The van der Waals surface area contributed by atoms with Gasteiger partial charge in [0.15, 0.2) is 4.34 Å². The molecule has 0 unspecified atom stereocenters. The highest BCUT2D eigenvalue weighted by molar-refractivity contribution is 8.00. The van der Waals surface area contributed by atoms with E-state index in [2.05, 4.69) is 15.5 Å². The van der Waals surface area contributed by atoms with Crippen molar-refractivity contribution in [2.24, 2.45) is 0 Å². The van der Waals surface area contributed by atoms with Crippen LogP contribution in [0, 0.1) is 22.9 Å². The van der Waals surface area contributed by atoms with Crippen LogP contribution in [0.25, 0.3) is 0 Å². The molecule has 0 spiro atoms. The van der Waals surface area contributed by atoms with Gasteiger partial charge in [-0.3, -0.25) is 20.2 Å². The van der Waals surface area contributed by atoms with E-state index in [4.69, 9.17) is 0 Å². The number of hydrogen-bond acceptors (Lipinski definition) is 7. The fourth-order valence-electron chi connectivity index (χ4n) is 2.21. The Morgan fingerprint density at radius 1 is 1.30 bits per heavy atom. The number of carbonyl (C=O) groups is 1. The smallest absolute Gasteiger partial charge is 0.273 e. The van der Waals surface area contributed by atoms with Gasteiger partial charge < -0.3 is 0 Å². The third kappa shape index (κ3) is 4.86. The van der Waals surface area contributed by atoms with Crippen LogP contribution in [0.15, 0.2) is 46.8 Å². The summed E-state index contributed by atoms with van der Waals surface area (Å²) >= 11 is 2.55. The van der Waals surface area contributed by atoms with E-state index in [0.29, 0.717) is 15.7 Å². The number of nitro benzene ring substituents is 1. The number of rotatable bonds is 6. The monoisotopic (exact) mass is 404 g/mol. The Bertz CT molecular complexity index is 1010. The standard InChI is InChI=1S/C17H13FN4O3S2/c1-10-5-6-12(8-14(10)22(24)25)15(23)19-16-20-21-17(27-16)26-9-11-3-2-4-13(18)7-11/h2-8H,9H2,1H3,(H,19,20,23). The molecule has 0 aliphatic heterocycles. The molecule has 1 aromatic heterocycles. The highest BCUT2D eigenvalue weighted by atomic mass is 32.2. The molecule has 138 valence electrons. The van der Waals surface area contributed by atoms with Crippen LogP contribution in [0.3, 0.4) is 0 Å². The molecule has 7 nitrogen and oxygen atoms in total. The fourth-order valence-corrected chi connectivity index (χ4v) is 3.90. The van der Waals surface area contributed by atoms with Crippen molar-refractivity contribution in [1.29, 1.82) is 0 Å². The summed E-state index contributed by atoms with van der Waals surface area (Å²) in [5.41, 5.74) is 1.33. The second-order valence-electron chi connectivity index (χ2n) is 5.50. The molecule has 3 aromatic rings. The predicted molar refractivity (Wildman–Crippen MR) is 102 cm³/mol. The first-order valence-electron chi connectivity index (χ1n) is 7.69. The third-order valence-corrected chi connectivity index (χ3v) is 5.59. The molecule has 0 saturated heterocycles. The van der Waals surface area contributed by atoms with E-state index >= 15 is 0 Å². The molecule has 0 saturated carbocycles. The second kappa shape index (κ2) is 8.23. The SMILES string of the molecule is Cc1ccc(C(=O)Nc2nnc(SCc3cccc(F)c3)s2)cc1[N+](=O)[O-]. The van der Waals surface area contributed by atoms with Crippen LogP contribution in [-0.4, -0.2) is 21.0 Å². The molecule has 3 rings (SSSR count). The van der Waals surface area contributed by atoms with Gasteiger partial charge in [-0.05, 0) is 30.7 Å². The molecule has 0 fully saturated rings. The number of hydrogen-bond donors (Lipinski definition) is 1. The Labute approximate surface area is 161 Å². The number of nitrogens with zero attached hydrogens (tertiary/aromatic N) is 3. The number of anilines is 1. The fraction of sp³-hybridized carbons (Fsp3) is 0.118. The van der Waals surface area contributed by atoms with E-state index in [1.807, 2.05) is 6.07 Å². The number of aromatic nitrogens is 2. The summed E-state index contributed by atoms with van der Waals surface area (Å²) in [6.45, 7) is 1.60. The van der Waals surface area contributed by atoms with Gasteiger partial charge in [-0.2, -0.15) is 0 Å². The Kier molecular flexibility index (Phi) is 5.77. The minimum atomic E-state index is -0.530. The van der Waals surface area contributed by atoms with E-state index < -0.39 is 10.8 Å². The van der Waals surface area contributed by atoms with Crippen LogP contribution in [0.1, 0.15) is 21.5 Å². The van der Waals surface area contributed by atoms with Gasteiger partial charge in [0.1, 0.15) is 5.82 Å². The van der Waals surface area contributed by atoms with Crippen LogP contribution < -0.4 is 5.32 Å². The first kappa shape index (κ1) is 18.9. The lowest BCUT2D eigenvalue weighted by atomic mass is 10.1. The maximum absolute atomic E-state index is 13.2. The Morgan fingerprint density at radius 3 is 2.85 bits per heavy atom. The molecule has 1 N–H and O–H groups in total. The average Bonchev–Trinajstić information content (AvgIpc) is 3.07. The van der Waals surface area contributed by atoms with E-state index in [1.165, 1.54) is 53.4 Å². The lowest BCUT2D eigenvalue weighted by Gasteiger charge is -2.02. The van der Waals surface area contributed by atoms with Gasteiger partial charge in [0.05, 0.1) is 4.92 Å². The number of nitro groups is 1. The van der Waals surface area contributed by atoms with Crippen molar-refractivity contribution in [3.8, 4) is 0 Å². The number of benzene rings is 2. The minimum absolute atomic E-state index is 0.119. The predicted octanol–water partition coefficient (Wildman–Crippen LogP) is 4.44. The number of aryl methyl sites for hydroxylation is 1. The summed E-state index contributed by atoms with van der Waals surface area (Å²) in [6.07, 6.45) is 0. The van der Waals surface area contributed by atoms with Crippen molar-refractivity contribution in [2.45, 2.75) is 17.0 Å². The number of thioether (sulfide) groups is 1. The van der Waals surface area contributed by atoms with Gasteiger partial charge >= 0.3 is 0 Å². The van der Waals surface area contributed by atoms with Crippen LogP contribution in [0.5, 0.6) is 0 Å². The maximum Gasteiger partial charge on any atom is 0.273 e. The lowest BCUT2D eigenvalue weighted by Crippen LogP contribution is -2.12. The van der Waals surface area contributed by atoms with Crippen LogP contribution in [-0.2, 0) is 5.75 Å². The Hall–Kier alpha value is -2.85. The first-order chi connectivity index (χ1) is 12.9. The number of carbonyl (C=O) groups excluding carboxylic acids is 1. The average molecular weight is 404 g/mol. The van der Waals surface area contributed by atoms with Crippen molar-refractivity contribution >= 4 is 39.8 Å². The number of amides is 1. The molecule has 10 heteroatoms. The Morgan fingerprint density at radius 2 is 2.11 bits per heavy atom. The normalized spacial score (nSPS) is 10.6. The summed E-state index contributed by atoms with van der Waals surface area (Å²) in [4.78, 5) is 22.7. The summed E-state index contributed by atoms with van der Waals surface area (Å²) in [5.74, 6) is -0.286. The highest BCUT2D eigenvalue weighted by Gasteiger charge is 2.16. The molecule has 2 aromatic carbocycles. The molecule has 27 heavy (non-hydrogen) atoms. The van der Waals surface area contributed by atoms with Gasteiger partial charge in [-0.25, -0.2) is 4.39 Å². The zero-order valence-electron chi connectivity index (χ0n) is 14.0. The van der Waals surface area contributed by atoms with Crippen molar-refractivity contribution in [3.63, 3.8) is 0 Å². The molecule has 0 aliphatic rings.